The van der Waals surface area contributed by atoms with E-state index in [1.165, 1.54) is 12.1 Å². The van der Waals surface area contributed by atoms with Crippen LogP contribution in [-0.2, 0) is 0 Å². The summed E-state index contributed by atoms with van der Waals surface area (Å²) in [4.78, 5) is 11.8. The second-order valence-corrected chi connectivity index (χ2v) is 4.35. The number of hydrogen-bond acceptors (Lipinski definition) is 2. The molecule has 0 fully saturated rings. The normalized spacial score (nSPS) is 10.4. The van der Waals surface area contributed by atoms with E-state index >= 15 is 0 Å². The summed E-state index contributed by atoms with van der Waals surface area (Å²) in [5, 5.41) is 1.68. The second-order valence-electron chi connectivity index (χ2n) is 3.94. The smallest absolute Gasteiger partial charge is 0.258 e. The molecule has 0 saturated carbocycles. The SMILES string of the molecule is Nc1ccc(NC(=O)c2cc(F)c(Cl)cc2F)c(F)c1. The summed E-state index contributed by atoms with van der Waals surface area (Å²) in [5.74, 6) is -3.74. The molecule has 0 heterocycles. The molecule has 3 nitrogen and oxygen atoms in total. The molecule has 7 heteroatoms. The Morgan fingerprint density at radius 1 is 1.05 bits per heavy atom. The number of halogens is 4. The molecule has 0 aliphatic carbocycles. The van der Waals surface area contributed by atoms with Crippen LogP contribution in [0.3, 0.4) is 0 Å². The standard InChI is InChI=1S/C13H8ClF3N2O/c14-8-5-9(15)7(4-10(8)16)13(20)19-12-2-1-6(18)3-11(12)17/h1-5H,18H2,(H,19,20). The molecule has 2 rings (SSSR count). The molecule has 0 atom stereocenters. The summed E-state index contributed by atoms with van der Waals surface area (Å²) >= 11 is 5.37. The summed E-state index contributed by atoms with van der Waals surface area (Å²) in [5.41, 5.74) is 4.75. The predicted molar refractivity (Wildman–Crippen MR) is 70.1 cm³/mol. The molecule has 0 aliphatic rings. The van der Waals surface area contributed by atoms with E-state index in [1.54, 1.807) is 0 Å². The maximum atomic E-state index is 13.5. The zero-order valence-electron chi connectivity index (χ0n) is 9.88. The van der Waals surface area contributed by atoms with Crippen molar-refractivity contribution in [2.24, 2.45) is 0 Å². The first-order valence-corrected chi connectivity index (χ1v) is 5.77. The minimum absolute atomic E-state index is 0.171. The number of benzene rings is 2. The van der Waals surface area contributed by atoms with Gasteiger partial charge in [0.25, 0.3) is 5.91 Å². The number of nitrogen functional groups attached to an aromatic ring is 1. The van der Waals surface area contributed by atoms with Gasteiger partial charge in [-0.3, -0.25) is 4.79 Å². The average molecular weight is 301 g/mol. The summed E-state index contributed by atoms with van der Waals surface area (Å²) in [6.45, 7) is 0. The molecule has 0 bridgehead atoms. The molecule has 2 aromatic rings. The number of carbonyl (C=O) groups excluding carboxylic acids is 1. The van der Waals surface area contributed by atoms with Crippen molar-refractivity contribution in [3.8, 4) is 0 Å². The fourth-order valence-corrected chi connectivity index (χ4v) is 1.67. The molecule has 0 saturated heterocycles. The molecule has 0 aromatic heterocycles. The molecule has 0 aliphatic heterocycles. The van der Waals surface area contributed by atoms with Gasteiger partial charge in [0.15, 0.2) is 0 Å². The van der Waals surface area contributed by atoms with Crippen LogP contribution in [0.1, 0.15) is 10.4 Å². The van der Waals surface area contributed by atoms with Gasteiger partial charge in [-0.2, -0.15) is 0 Å². The number of nitrogens with one attached hydrogen (secondary N) is 1. The van der Waals surface area contributed by atoms with E-state index in [4.69, 9.17) is 17.3 Å². The van der Waals surface area contributed by atoms with Gasteiger partial charge in [0.05, 0.1) is 16.3 Å². The van der Waals surface area contributed by atoms with Gasteiger partial charge in [0, 0.05) is 5.69 Å². The van der Waals surface area contributed by atoms with Gasteiger partial charge >= 0.3 is 0 Å². The molecule has 2 aromatic carbocycles. The van der Waals surface area contributed by atoms with E-state index < -0.39 is 33.9 Å². The second kappa shape index (κ2) is 5.42. The molecule has 104 valence electrons. The molecular formula is C13H8ClF3N2O. The number of rotatable bonds is 2. The Kier molecular flexibility index (Phi) is 3.85. The average Bonchev–Trinajstić information content (AvgIpc) is 2.37. The molecule has 20 heavy (non-hydrogen) atoms. The van der Waals surface area contributed by atoms with Crippen molar-refractivity contribution in [1.82, 2.24) is 0 Å². The van der Waals surface area contributed by atoms with Gasteiger partial charge in [0.2, 0.25) is 0 Å². The number of anilines is 2. The maximum absolute atomic E-state index is 13.5. The highest BCUT2D eigenvalue weighted by Crippen LogP contribution is 2.22. The molecule has 1 amide bonds. The van der Waals surface area contributed by atoms with Crippen molar-refractivity contribution in [1.29, 1.82) is 0 Å². The van der Waals surface area contributed by atoms with Crippen LogP contribution in [0.5, 0.6) is 0 Å². The molecule has 0 unspecified atom stereocenters. The monoisotopic (exact) mass is 300 g/mol. The van der Waals surface area contributed by atoms with Crippen molar-refractivity contribution in [2.45, 2.75) is 0 Å². The Labute approximate surface area is 117 Å². The van der Waals surface area contributed by atoms with E-state index in [9.17, 15) is 18.0 Å². The van der Waals surface area contributed by atoms with Gasteiger partial charge in [0.1, 0.15) is 17.5 Å². The topological polar surface area (TPSA) is 55.1 Å². The first kappa shape index (κ1) is 14.2. The Balaban J connectivity index is 2.31. The third-order valence-electron chi connectivity index (χ3n) is 2.50. The quantitative estimate of drug-likeness (QED) is 0.658. The number of hydrogen-bond donors (Lipinski definition) is 2. The third kappa shape index (κ3) is 2.85. The van der Waals surface area contributed by atoms with Crippen molar-refractivity contribution >= 4 is 28.9 Å². The fraction of sp³-hybridized carbons (Fsp3) is 0. The van der Waals surface area contributed by atoms with Gasteiger partial charge in [-0.1, -0.05) is 11.6 Å². The Bertz CT molecular complexity index is 692. The largest absolute Gasteiger partial charge is 0.399 e. The lowest BCUT2D eigenvalue weighted by Gasteiger charge is -2.08. The maximum Gasteiger partial charge on any atom is 0.258 e. The third-order valence-corrected chi connectivity index (χ3v) is 2.79. The summed E-state index contributed by atoms with van der Waals surface area (Å²) in [6, 6.07) is 4.88. The number of carbonyl (C=O) groups is 1. The van der Waals surface area contributed by atoms with E-state index in [1.807, 2.05) is 0 Å². The Hall–Kier alpha value is -2.21. The fourth-order valence-electron chi connectivity index (χ4n) is 1.52. The van der Waals surface area contributed by atoms with Gasteiger partial charge < -0.3 is 11.1 Å². The van der Waals surface area contributed by atoms with E-state index in [-0.39, 0.29) is 11.4 Å². The zero-order chi connectivity index (χ0) is 14.9. The lowest BCUT2D eigenvalue weighted by atomic mass is 10.2. The molecule has 3 N–H and O–H groups in total. The minimum atomic E-state index is -1.01. The first-order valence-electron chi connectivity index (χ1n) is 5.39. The minimum Gasteiger partial charge on any atom is -0.399 e. The van der Waals surface area contributed by atoms with Gasteiger partial charge in [-0.05, 0) is 30.3 Å². The van der Waals surface area contributed by atoms with E-state index in [0.29, 0.717) is 12.1 Å². The first-order chi connectivity index (χ1) is 9.38. The van der Waals surface area contributed by atoms with Crippen LogP contribution in [0.15, 0.2) is 30.3 Å². The lowest BCUT2D eigenvalue weighted by Crippen LogP contribution is -2.15. The van der Waals surface area contributed by atoms with Gasteiger partial charge in [-0.15, -0.1) is 0 Å². The molecule has 0 spiro atoms. The van der Waals surface area contributed by atoms with Crippen LogP contribution in [0.4, 0.5) is 24.5 Å². The Morgan fingerprint density at radius 2 is 1.75 bits per heavy atom. The highest BCUT2D eigenvalue weighted by atomic mass is 35.5. The van der Waals surface area contributed by atoms with Crippen molar-refractivity contribution < 1.29 is 18.0 Å². The van der Waals surface area contributed by atoms with Crippen molar-refractivity contribution in [3.05, 3.63) is 58.4 Å². The highest BCUT2D eigenvalue weighted by Gasteiger charge is 2.16. The summed E-state index contributed by atoms with van der Waals surface area (Å²) < 4.78 is 40.2. The molecule has 0 radical (unpaired) electrons. The number of nitrogens with two attached hydrogens (primary N) is 1. The van der Waals surface area contributed by atoms with Crippen LogP contribution in [0, 0.1) is 17.5 Å². The van der Waals surface area contributed by atoms with Crippen molar-refractivity contribution in [3.63, 3.8) is 0 Å². The van der Waals surface area contributed by atoms with Crippen LogP contribution >= 0.6 is 11.6 Å². The van der Waals surface area contributed by atoms with Gasteiger partial charge in [-0.25, -0.2) is 13.2 Å². The van der Waals surface area contributed by atoms with Crippen molar-refractivity contribution in [2.75, 3.05) is 11.1 Å². The summed E-state index contributed by atoms with van der Waals surface area (Å²) in [7, 11) is 0. The number of amides is 1. The Morgan fingerprint density at radius 3 is 2.40 bits per heavy atom. The summed E-state index contributed by atoms with van der Waals surface area (Å²) in [6.07, 6.45) is 0. The highest BCUT2D eigenvalue weighted by molar-refractivity contribution is 6.30. The van der Waals surface area contributed by atoms with Crippen LogP contribution in [0.2, 0.25) is 5.02 Å². The lowest BCUT2D eigenvalue weighted by molar-refractivity contribution is 0.102. The van der Waals surface area contributed by atoms with E-state index in [0.717, 1.165) is 6.07 Å². The van der Waals surface area contributed by atoms with Crippen LogP contribution in [-0.4, -0.2) is 5.91 Å². The van der Waals surface area contributed by atoms with Crippen LogP contribution < -0.4 is 11.1 Å². The zero-order valence-corrected chi connectivity index (χ0v) is 10.6. The van der Waals surface area contributed by atoms with Crippen LogP contribution in [0.25, 0.3) is 0 Å². The van der Waals surface area contributed by atoms with E-state index in [2.05, 4.69) is 5.32 Å². The molecular weight excluding hydrogens is 293 g/mol. The predicted octanol–water partition coefficient (Wildman–Crippen LogP) is 3.59.